The number of nitrogen functional groups attached to an aromatic ring is 1. The second-order valence-corrected chi connectivity index (χ2v) is 7.79. The molecule has 0 saturated carbocycles. The van der Waals surface area contributed by atoms with E-state index in [0.717, 1.165) is 0 Å². The Morgan fingerprint density at radius 2 is 1.85 bits per heavy atom. The van der Waals surface area contributed by atoms with Crippen LogP contribution in [0.1, 0.15) is 21.6 Å². The number of nitrogens with zero attached hydrogens (tertiary/aromatic N) is 5. The largest absolute Gasteiger partial charge is 0.399 e. The van der Waals surface area contributed by atoms with Crippen LogP contribution in [0, 0.1) is 0 Å². The zero-order valence-corrected chi connectivity index (χ0v) is 14.8. The number of sulfonamides is 1. The number of rotatable bonds is 3. The van der Waals surface area contributed by atoms with Gasteiger partial charge in [0.2, 0.25) is 0 Å². The van der Waals surface area contributed by atoms with Crippen molar-refractivity contribution >= 4 is 34.2 Å². The fourth-order valence-electron chi connectivity index (χ4n) is 2.73. The van der Waals surface area contributed by atoms with Crippen LogP contribution in [0.25, 0.3) is 5.69 Å². The Balaban J connectivity index is 1.81. The van der Waals surface area contributed by atoms with Gasteiger partial charge in [0, 0.05) is 5.69 Å². The van der Waals surface area contributed by atoms with Crippen LogP contribution >= 0.6 is 12.6 Å². The van der Waals surface area contributed by atoms with E-state index >= 15 is 0 Å². The van der Waals surface area contributed by atoms with Crippen molar-refractivity contribution in [2.24, 2.45) is 0 Å². The molecule has 0 fully saturated rings. The van der Waals surface area contributed by atoms with E-state index in [4.69, 9.17) is 5.73 Å². The third-order valence-electron chi connectivity index (χ3n) is 3.92. The van der Waals surface area contributed by atoms with Crippen molar-refractivity contribution in [3.8, 4) is 5.69 Å². The van der Waals surface area contributed by atoms with Crippen molar-refractivity contribution < 1.29 is 13.2 Å². The summed E-state index contributed by atoms with van der Waals surface area (Å²) in [4.78, 5) is 12.6. The number of tetrazole rings is 1. The first-order valence-electron chi connectivity index (χ1n) is 7.41. The number of thiol groups is 1. The Kier molecular flexibility index (Phi) is 3.70. The number of aromatic nitrogens is 4. The molecule has 26 heavy (non-hydrogen) atoms. The Hall–Kier alpha value is -2.92. The lowest BCUT2D eigenvalue weighted by atomic mass is 10.2. The summed E-state index contributed by atoms with van der Waals surface area (Å²) < 4.78 is 27.6. The maximum Gasteiger partial charge on any atom is 0.270 e. The first kappa shape index (κ1) is 16.5. The van der Waals surface area contributed by atoms with E-state index in [1.165, 1.54) is 22.9 Å². The van der Waals surface area contributed by atoms with Gasteiger partial charge in [0.25, 0.3) is 15.9 Å². The molecule has 9 nitrogen and oxygen atoms in total. The minimum atomic E-state index is -4.09. The molecule has 11 heteroatoms. The molecule has 132 valence electrons. The average molecular weight is 388 g/mol. The van der Waals surface area contributed by atoms with E-state index in [-0.39, 0.29) is 16.3 Å². The Morgan fingerprint density at radius 1 is 1.12 bits per heavy atom. The molecule has 0 aliphatic carbocycles. The predicted octanol–water partition coefficient (Wildman–Crippen LogP) is 1.02. The van der Waals surface area contributed by atoms with Crippen molar-refractivity contribution in [1.29, 1.82) is 0 Å². The third-order valence-corrected chi connectivity index (χ3v) is 6.34. The molecule has 0 bridgehead atoms. The molecule has 1 aliphatic heterocycles. The first-order chi connectivity index (χ1) is 12.4. The SMILES string of the molecule is Nc1ccc2c(c1)C(=O)N(C(S)c1nnnn1-c1ccccc1)S2(=O)=O. The van der Waals surface area contributed by atoms with Gasteiger partial charge in [-0.2, -0.15) is 4.68 Å². The third kappa shape index (κ3) is 2.35. The molecule has 0 spiro atoms. The number of fused-ring (bicyclic) bond motifs is 1. The second-order valence-electron chi connectivity index (χ2n) is 5.52. The van der Waals surface area contributed by atoms with E-state index in [1.807, 2.05) is 6.07 Å². The van der Waals surface area contributed by atoms with Crippen LogP contribution in [0.2, 0.25) is 0 Å². The topological polar surface area (TPSA) is 124 Å². The molecule has 0 radical (unpaired) electrons. The van der Waals surface area contributed by atoms with Crippen molar-refractivity contribution in [2.45, 2.75) is 10.3 Å². The lowest BCUT2D eigenvalue weighted by Gasteiger charge is -2.21. The van der Waals surface area contributed by atoms with Gasteiger partial charge >= 0.3 is 0 Å². The number of carbonyl (C=O) groups is 1. The van der Waals surface area contributed by atoms with Gasteiger partial charge in [0.15, 0.2) is 11.2 Å². The van der Waals surface area contributed by atoms with Gasteiger partial charge in [-0.15, -0.1) is 17.7 Å². The molecular formula is C15H12N6O3S2. The van der Waals surface area contributed by atoms with Crippen molar-refractivity contribution in [3.63, 3.8) is 0 Å². The van der Waals surface area contributed by atoms with Crippen molar-refractivity contribution in [3.05, 3.63) is 59.9 Å². The van der Waals surface area contributed by atoms with E-state index in [9.17, 15) is 13.2 Å². The van der Waals surface area contributed by atoms with E-state index in [2.05, 4.69) is 28.2 Å². The molecule has 3 aromatic rings. The van der Waals surface area contributed by atoms with E-state index in [0.29, 0.717) is 15.7 Å². The van der Waals surface area contributed by atoms with Crippen LogP contribution < -0.4 is 5.73 Å². The maximum absolute atomic E-state index is 12.8. The van der Waals surface area contributed by atoms with Crippen LogP contribution in [0.4, 0.5) is 5.69 Å². The Bertz CT molecular complexity index is 1110. The molecule has 2 aromatic carbocycles. The molecule has 1 aliphatic rings. The standard InChI is InChI=1S/C15H12N6O3S2/c16-9-6-7-12-11(8-9)14(22)21(26(12,23)24)15(25)13-17-18-19-20(13)10-4-2-1-3-5-10/h1-8,15,25H,16H2. The lowest BCUT2D eigenvalue weighted by Crippen LogP contribution is -2.33. The van der Waals surface area contributed by atoms with Gasteiger partial charge in [-0.1, -0.05) is 18.2 Å². The van der Waals surface area contributed by atoms with Gasteiger partial charge in [-0.25, -0.2) is 12.7 Å². The quantitative estimate of drug-likeness (QED) is 0.507. The predicted molar refractivity (Wildman–Crippen MR) is 95.1 cm³/mol. The molecule has 2 heterocycles. The lowest BCUT2D eigenvalue weighted by molar-refractivity contribution is 0.0859. The summed E-state index contributed by atoms with van der Waals surface area (Å²) in [5, 5.41) is 10.1. The van der Waals surface area contributed by atoms with Crippen LogP contribution in [-0.2, 0) is 10.0 Å². The Labute approximate surface area is 153 Å². The minimum Gasteiger partial charge on any atom is -0.399 e. The maximum atomic E-state index is 12.8. The highest BCUT2D eigenvalue weighted by Gasteiger charge is 2.46. The number of carbonyl (C=O) groups excluding carboxylic acids is 1. The highest BCUT2D eigenvalue weighted by molar-refractivity contribution is 7.91. The highest BCUT2D eigenvalue weighted by atomic mass is 32.2. The number of hydrogen-bond donors (Lipinski definition) is 2. The van der Waals surface area contributed by atoms with Crippen molar-refractivity contribution in [2.75, 3.05) is 5.73 Å². The number of para-hydroxylation sites is 1. The van der Waals surface area contributed by atoms with Gasteiger partial charge in [0.1, 0.15) is 4.90 Å². The number of benzene rings is 2. The summed E-state index contributed by atoms with van der Waals surface area (Å²) >= 11 is 4.34. The molecule has 2 N–H and O–H groups in total. The number of anilines is 1. The molecule has 1 atom stereocenters. The van der Waals surface area contributed by atoms with Crippen LogP contribution in [0.15, 0.2) is 53.4 Å². The fourth-order valence-corrected chi connectivity index (χ4v) is 4.92. The number of nitrogens with two attached hydrogens (primary N) is 1. The average Bonchev–Trinajstić information content (AvgIpc) is 3.18. The number of hydrogen-bond acceptors (Lipinski definition) is 8. The van der Waals surface area contributed by atoms with Crippen LogP contribution in [-0.4, -0.2) is 38.8 Å². The van der Waals surface area contributed by atoms with Crippen LogP contribution in [0.5, 0.6) is 0 Å². The van der Waals surface area contributed by atoms with Crippen LogP contribution in [0.3, 0.4) is 0 Å². The summed E-state index contributed by atoms with van der Waals surface area (Å²) in [5.74, 6) is -0.632. The monoisotopic (exact) mass is 388 g/mol. The molecule has 1 amide bonds. The first-order valence-corrected chi connectivity index (χ1v) is 9.37. The molecule has 0 saturated heterocycles. The van der Waals surface area contributed by atoms with E-state index in [1.54, 1.807) is 24.3 Å². The second kappa shape index (κ2) is 5.81. The molecule has 1 unspecified atom stereocenters. The zero-order chi connectivity index (χ0) is 18.5. The Morgan fingerprint density at radius 3 is 2.58 bits per heavy atom. The fraction of sp³-hybridized carbons (Fsp3) is 0.0667. The molecule has 4 rings (SSSR count). The summed E-state index contributed by atoms with van der Waals surface area (Å²) in [5.41, 5.74) is 6.58. The molecular weight excluding hydrogens is 376 g/mol. The van der Waals surface area contributed by atoms with E-state index < -0.39 is 21.3 Å². The van der Waals surface area contributed by atoms with Gasteiger partial charge in [-0.3, -0.25) is 4.79 Å². The smallest absolute Gasteiger partial charge is 0.270 e. The zero-order valence-electron chi connectivity index (χ0n) is 13.1. The molecule has 1 aromatic heterocycles. The highest BCUT2D eigenvalue weighted by Crippen LogP contribution is 2.39. The summed E-state index contributed by atoms with van der Waals surface area (Å²) in [6.07, 6.45) is 0. The summed E-state index contributed by atoms with van der Waals surface area (Å²) in [7, 11) is -4.09. The van der Waals surface area contributed by atoms with Gasteiger partial charge < -0.3 is 5.73 Å². The van der Waals surface area contributed by atoms with Crippen molar-refractivity contribution in [1.82, 2.24) is 24.5 Å². The minimum absolute atomic E-state index is 0.00258. The van der Waals surface area contributed by atoms with Gasteiger partial charge in [0.05, 0.1) is 11.3 Å². The summed E-state index contributed by atoms with van der Waals surface area (Å²) in [6, 6.07) is 12.9. The normalized spacial score (nSPS) is 16.5. The van der Waals surface area contributed by atoms with Gasteiger partial charge in [-0.05, 0) is 40.8 Å². The number of amides is 1. The summed E-state index contributed by atoms with van der Waals surface area (Å²) in [6.45, 7) is 0.